The molecule has 19 heavy (non-hydrogen) atoms. The molecule has 0 aromatic heterocycles. The summed E-state index contributed by atoms with van der Waals surface area (Å²) < 4.78 is 4.67. The SMILES string of the molecule is COC(=O)c1ccccc1C(=O)c1cccc(Cl)c1. The topological polar surface area (TPSA) is 43.4 Å². The lowest BCUT2D eigenvalue weighted by atomic mass is 9.98. The summed E-state index contributed by atoms with van der Waals surface area (Å²) in [6, 6.07) is 13.1. The molecule has 0 heterocycles. The van der Waals surface area contributed by atoms with E-state index >= 15 is 0 Å². The zero-order chi connectivity index (χ0) is 13.8. The Bertz CT molecular complexity index is 635. The molecule has 0 N–H and O–H groups in total. The number of halogens is 1. The number of esters is 1. The third-order valence-electron chi connectivity index (χ3n) is 2.66. The van der Waals surface area contributed by atoms with Gasteiger partial charge in [0, 0.05) is 16.1 Å². The van der Waals surface area contributed by atoms with Crippen LogP contribution in [0.3, 0.4) is 0 Å². The van der Waals surface area contributed by atoms with Gasteiger partial charge < -0.3 is 4.74 Å². The van der Waals surface area contributed by atoms with Crippen molar-refractivity contribution in [1.82, 2.24) is 0 Å². The van der Waals surface area contributed by atoms with E-state index in [1.807, 2.05) is 0 Å². The first-order chi connectivity index (χ1) is 9.13. The molecule has 0 fully saturated rings. The minimum atomic E-state index is -0.536. The average Bonchev–Trinajstić information content (AvgIpc) is 2.45. The van der Waals surface area contributed by atoms with Crippen molar-refractivity contribution in [3.05, 3.63) is 70.2 Å². The van der Waals surface area contributed by atoms with E-state index in [2.05, 4.69) is 4.74 Å². The highest BCUT2D eigenvalue weighted by Gasteiger charge is 2.18. The maximum Gasteiger partial charge on any atom is 0.338 e. The van der Waals surface area contributed by atoms with Gasteiger partial charge in [0.2, 0.25) is 0 Å². The molecule has 0 spiro atoms. The standard InChI is InChI=1S/C15H11ClO3/c1-19-15(18)13-8-3-2-7-12(13)14(17)10-5-4-6-11(16)9-10/h2-9H,1H3. The van der Waals surface area contributed by atoms with E-state index < -0.39 is 5.97 Å². The van der Waals surface area contributed by atoms with Crippen molar-refractivity contribution in [2.45, 2.75) is 0 Å². The van der Waals surface area contributed by atoms with Crippen LogP contribution in [0.1, 0.15) is 26.3 Å². The molecule has 0 aliphatic carbocycles. The molecular weight excluding hydrogens is 264 g/mol. The first-order valence-electron chi connectivity index (χ1n) is 5.61. The van der Waals surface area contributed by atoms with Gasteiger partial charge in [0.1, 0.15) is 0 Å². The molecule has 2 aromatic carbocycles. The number of benzene rings is 2. The van der Waals surface area contributed by atoms with Crippen molar-refractivity contribution >= 4 is 23.4 Å². The minimum Gasteiger partial charge on any atom is -0.465 e. The average molecular weight is 275 g/mol. The second-order valence-electron chi connectivity index (χ2n) is 3.88. The first-order valence-corrected chi connectivity index (χ1v) is 5.99. The molecule has 96 valence electrons. The molecule has 0 unspecified atom stereocenters. The maximum atomic E-state index is 12.4. The summed E-state index contributed by atoms with van der Waals surface area (Å²) in [4.78, 5) is 24.0. The van der Waals surface area contributed by atoms with E-state index in [9.17, 15) is 9.59 Å². The molecule has 0 saturated heterocycles. The van der Waals surface area contributed by atoms with Crippen LogP contribution in [0.25, 0.3) is 0 Å². The lowest BCUT2D eigenvalue weighted by Gasteiger charge is -2.07. The van der Waals surface area contributed by atoms with E-state index in [0.29, 0.717) is 16.1 Å². The lowest BCUT2D eigenvalue weighted by Crippen LogP contribution is -2.11. The van der Waals surface area contributed by atoms with E-state index in [1.165, 1.54) is 7.11 Å². The molecule has 0 bridgehead atoms. The normalized spacial score (nSPS) is 10.0. The number of ether oxygens (including phenoxy) is 1. The Morgan fingerprint density at radius 2 is 1.68 bits per heavy atom. The summed E-state index contributed by atoms with van der Waals surface area (Å²) in [5.41, 5.74) is 0.982. The zero-order valence-electron chi connectivity index (χ0n) is 10.2. The molecule has 2 rings (SSSR count). The summed E-state index contributed by atoms with van der Waals surface area (Å²) >= 11 is 5.86. The molecule has 0 radical (unpaired) electrons. The van der Waals surface area contributed by atoms with Gasteiger partial charge in [-0.1, -0.05) is 41.9 Å². The molecule has 3 nitrogen and oxygen atoms in total. The smallest absolute Gasteiger partial charge is 0.338 e. The predicted octanol–water partition coefficient (Wildman–Crippen LogP) is 3.36. The number of carbonyl (C=O) groups excluding carboxylic acids is 2. The van der Waals surface area contributed by atoms with E-state index in [0.717, 1.165) is 0 Å². The van der Waals surface area contributed by atoms with Crippen LogP contribution in [0.4, 0.5) is 0 Å². The number of ketones is 1. The van der Waals surface area contributed by atoms with Crippen molar-refractivity contribution in [1.29, 1.82) is 0 Å². The van der Waals surface area contributed by atoms with Crippen molar-refractivity contribution < 1.29 is 14.3 Å². The van der Waals surface area contributed by atoms with Crippen LogP contribution in [-0.4, -0.2) is 18.9 Å². The molecule has 0 saturated carbocycles. The molecule has 0 aliphatic rings. The maximum absolute atomic E-state index is 12.4. The van der Waals surface area contributed by atoms with Gasteiger partial charge in [-0.25, -0.2) is 4.79 Å². The Morgan fingerprint density at radius 3 is 2.32 bits per heavy atom. The Balaban J connectivity index is 2.47. The van der Waals surface area contributed by atoms with Gasteiger partial charge in [-0.3, -0.25) is 4.79 Å². The highest BCUT2D eigenvalue weighted by molar-refractivity contribution is 6.31. The Hall–Kier alpha value is -2.13. The van der Waals surface area contributed by atoms with Gasteiger partial charge in [-0.15, -0.1) is 0 Å². The third kappa shape index (κ3) is 2.83. The minimum absolute atomic E-state index is 0.245. The van der Waals surface area contributed by atoms with Gasteiger partial charge >= 0.3 is 5.97 Å². The van der Waals surface area contributed by atoms with Crippen LogP contribution in [0.5, 0.6) is 0 Å². The number of hydrogen-bond acceptors (Lipinski definition) is 3. The Kier molecular flexibility index (Phi) is 3.97. The van der Waals surface area contributed by atoms with Crippen molar-refractivity contribution in [3.63, 3.8) is 0 Å². The molecule has 0 amide bonds. The van der Waals surface area contributed by atoms with Crippen LogP contribution in [0, 0.1) is 0 Å². The first kappa shape index (κ1) is 13.3. The molecular formula is C15H11ClO3. The summed E-state index contributed by atoms with van der Waals surface area (Å²) in [5.74, 6) is -0.797. The second kappa shape index (κ2) is 5.67. The third-order valence-corrected chi connectivity index (χ3v) is 2.90. The van der Waals surface area contributed by atoms with Crippen LogP contribution >= 0.6 is 11.6 Å². The fourth-order valence-electron chi connectivity index (χ4n) is 1.75. The van der Waals surface area contributed by atoms with Gasteiger partial charge in [-0.05, 0) is 18.2 Å². The van der Waals surface area contributed by atoms with Gasteiger partial charge in [0.15, 0.2) is 5.78 Å². The Morgan fingerprint density at radius 1 is 1.00 bits per heavy atom. The van der Waals surface area contributed by atoms with E-state index in [4.69, 9.17) is 11.6 Å². The Labute approximate surface area is 115 Å². The second-order valence-corrected chi connectivity index (χ2v) is 4.31. The van der Waals surface area contributed by atoms with Crippen molar-refractivity contribution in [2.24, 2.45) is 0 Å². The predicted molar refractivity (Wildman–Crippen MR) is 72.7 cm³/mol. The number of carbonyl (C=O) groups is 2. The highest BCUT2D eigenvalue weighted by atomic mass is 35.5. The largest absolute Gasteiger partial charge is 0.465 e. The molecule has 0 aliphatic heterocycles. The lowest BCUT2D eigenvalue weighted by molar-refractivity contribution is 0.0597. The summed E-state index contributed by atoms with van der Waals surface area (Å²) in [7, 11) is 1.28. The zero-order valence-corrected chi connectivity index (χ0v) is 11.0. The quantitative estimate of drug-likeness (QED) is 0.637. The summed E-state index contributed by atoms with van der Waals surface area (Å²) in [6.45, 7) is 0. The van der Waals surface area contributed by atoms with Gasteiger partial charge in [-0.2, -0.15) is 0 Å². The molecule has 4 heteroatoms. The van der Waals surface area contributed by atoms with Gasteiger partial charge in [0.05, 0.1) is 12.7 Å². The number of hydrogen-bond donors (Lipinski definition) is 0. The summed E-state index contributed by atoms with van der Waals surface area (Å²) in [5, 5.41) is 0.474. The van der Waals surface area contributed by atoms with Gasteiger partial charge in [0.25, 0.3) is 0 Å². The van der Waals surface area contributed by atoms with Crippen LogP contribution in [0.15, 0.2) is 48.5 Å². The monoisotopic (exact) mass is 274 g/mol. The molecule has 0 atom stereocenters. The van der Waals surface area contributed by atoms with Crippen LogP contribution in [0.2, 0.25) is 5.02 Å². The highest BCUT2D eigenvalue weighted by Crippen LogP contribution is 2.18. The van der Waals surface area contributed by atoms with E-state index in [1.54, 1.807) is 48.5 Å². The fourth-order valence-corrected chi connectivity index (χ4v) is 1.94. The van der Waals surface area contributed by atoms with Crippen LogP contribution < -0.4 is 0 Å². The number of methoxy groups -OCH3 is 1. The fraction of sp³-hybridized carbons (Fsp3) is 0.0667. The van der Waals surface area contributed by atoms with Crippen molar-refractivity contribution in [2.75, 3.05) is 7.11 Å². The van der Waals surface area contributed by atoms with Crippen molar-refractivity contribution in [3.8, 4) is 0 Å². The van der Waals surface area contributed by atoms with Crippen LogP contribution in [-0.2, 0) is 4.74 Å². The summed E-state index contributed by atoms with van der Waals surface area (Å²) in [6.07, 6.45) is 0. The number of rotatable bonds is 3. The van der Waals surface area contributed by atoms with E-state index in [-0.39, 0.29) is 11.3 Å². The molecule has 2 aromatic rings.